The van der Waals surface area contributed by atoms with E-state index in [-0.39, 0.29) is 11.6 Å². The Labute approximate surface area is 191 Å². The standard InChI is InChI=1S/C23H18N6O3S/c1-32-16-9-7-14(8-10-16)11-19-24-17(12-20(30)25-19)21(31)26-22-27-23-29(28-22)18(13-33-23)15-5-3-2-4-6-15/h2-10,12-13H,11H2,1H3,(H,24,25,30)(H,26,28,31). The first-order chi connectivity index (χ1) is 16.1. The lowest BCUT2D eigenvalue weighted by molar-refractivity contribution is 0.102. The van der Waals surface area contributed by atoms with Gasteiger partial charge in [-0.3, -0.25) is 14.9 Å². The molecule has 3 aromatic heterocycles. The number of aromatic nitrogens is 5. The molecule has 0 aliphatic carbocycles. The van der Waals surface area contributed by atoms with Gasteiger partial charge in [-0.2, -0.15) is 4.98 Å². The molecule has 0 radical (unpaired) electrons. The molecule has 0 fully saturated rings. The van der Waals surface area contributed by atoms with Crippen LogP contribution in [0.25, 0.3) is 16.2 Å². The maximum absolute atomic E-state index is 12.8. The number of ether oxygens (including phenoxy) is 1. The lowest BCUT2D eigenvalue weighted by atomic mass is 10.1. The van der Waals surface area contributed by atoms with Gasteiger partial charge in [0.15, 0.2) is 0 Å². The second-order valence-corrected chi connectivity index (χ2v) is 8.01. The van der Waals surface area contributed by atoms with Crippen LogP contribution in [0.2, 0.25) is 0 Å². The highest BCUT2D eigenvalue weighted by molar-refractivity contribution is 7.15. The van der Waals surface area contributed by atoms with Crippen LogP contribution in [0, 0.1) is 0 Å². The number of fused-ring (bicyclic) bond motifs is 1. The fourth-order valence-electron chi connectivity index (χ4n) is 3.35. The number of methoxy groups -OCH3 is 1. The summed E-state index contributed by atoms with van der Waals surface area (Å²) in [7, 11) is 1.59. The molecule has 5 rings (SSSR count). The van der Waals surface area contributed by atoms with E-state index in [0.29, 0.717) is 17.2 Å². The van der Waals surface area contributed by atoms with Crippen molar-refractivity contribution in [1.29, 1.82) is 0 Å². The maximum atomic E-state index is 12.8. The van der Waals surface area contributed by atoms with Gasteiger partial charge in [0.2, 0.25) is 4.96 Å². The molecule has 164 valence electrons. The van der Waals surface area contributed by atoms with Crippen LogP contribution in [0.3, 0.4) is 0 Å². The molecular formula is C23H18N6O3S. The van der Waals surface area contributed by atoms with Gasteiger partial charge in [-0.15, -0.1) is 16.4 Å². The zero-order valence-electron chi connectivity index (χ0n) is 17.5. The molecular weight excluding hydrogens is 440 g/mol. The largest absolute Gasteiger partial charge is 0.497 e. The van der Waals surface area contributed by atoms with Crippen molar-refractivity contribution in [3.63, 3.8) is 0 Å². The first kappa shape index (κ1) is 20.6. The summed E-state index contributed by atoms with van der Waals surface area (Å²) < 4.78 is 6.83. The molecule has 0 atom stereocenters. The zero-order valence-corrected chi connectivity index (χ0v) is 18.3. The van der Waals surface area contributed by atoms with Gasteiger partial charge in [0.05, 0.1) is 12.8 Å². The minimum absolute atomic E-state index is 0.0105. The highest BCUT2D eigenvalue weighted by Gasteiger charge is 2.16. The van der Waals surface area contributed by atoms with Gasteiger partial charge in [0, 0.05) is 23.4 Å². The second-order valence-electron chi connectivity index (χ2n) is 7.17. The number of carbonyl (C=O) groups excluding carboxylic acids is 1. The summed E-state index contributed by atoms with van der Waals surface area (Å²) in [4.78, 5) is 36.9. The van der Waals surface area contributed by atoms with Crippen LogP contribution in [-0.2, 0) is 6.42 Å². The van der Waals surface area contributed by atoms with Gasteiger partial charge in [0.1, 0.15) is 17.3 Å². The van der Waals surface area contributed by atoms with Crippen molar-refractivity contribution in [3.05, 3.63) is 93.5 Å². The highest BCUT2D eigenvalue weighted by atomic mass is 32.1. The van der Waals surface area contributed by atoms with E-state index in [1.54, 1.807) is 11.6 Å². The molecule has 33 heavy (non-hydrogen) atoms. The van der Waals surface area contributed by atoms with E-state index in [4.69, 9.17) is 4.74 Å². The molecule has 0 saturated heterocycles. The van der Waals surface area contributed by atoms with Gasteiger partial charge in [-0.25, -0.2) is 9.50 Å². The van der Waals surface area contributed by atoms with Gasteiger partial charge < -0.3 is 9.72 Å². The van der Waals surface area contributed by atoms with Crippen LogP contribution in [0.15, 0.2) is 70.8 Å². The molecule has 0 unspecified atom stereocenters. The number of thiazole rings is 1. The van der Waals surface area contributed by atoms with Crippen molar-refractivity contribution in [2.45, 2.75) is 6.42 Å². The van der Waals surface area contributed by atoms with E-state index in [9.17, 15) is 9.59 Å². The number of rotatable bonds is 6. The Morgan fingerprint density at radius 3 is 2.67 bits per heavy atom. The summed E-state index contributed by atoms with van der Waals surface area (Å²) in [6, 6.07) is 18.3. The molecule has 0 aliphatic rings. The van der Waals surface area contributed by atoms with E-state index in [1.807, 2.05) is 60.0 Å². The number of benzene rings is 2. The lowest BCUT2D eigenvalue weighted by Crippen LogP contribution is -2.21. The Morgan fingerprint density at radius 2 is 1.91 bits per heavy atom. The van der Waals surface area contributed by atoms with E-state index >= 15 is 0 Å². The highest BCUT2D eigenvalue weighted by Crippen LogP contribution is 2.25. The van der Waals surface area contributed by atoms with Gasteiger partial charge in [-0.05, 0) is 17.7 Å². The van der Waals surface area contributed by atoms with Crippen LogP contribution in [0.5, 0.6) is 5.75 Å². The monoisotopic (exact) mass is 458 g/mol. The number of hydrogen-bond acceptors (Lipinski definition) is 7. The topological polar surface area (TPSA) is 114 Å². The second kappa shape index (κ2) is 8.67. The number of hydrogen-bond donors (Lipinski definition) is 2. The third-order valence-corrected chi connectivity index (χ3v) is 5.75. The number of amides is 1. The summed E-state index contributed by atoms with van der Waals surface area (Å²) in [5.74, 6) is 0.693. The number of H-pyrrole nitrogens is 1. The van der Waals surface area contributed by atoms with Crippen molar-refractivity contribution in [3.8, 4) is 17.0 Å². The van der Waals surface area contributed by atoms with Crippen LogP contribution in [-0.4, -0.2) is 37.6 Å². The summed E-state index contributed by atoms with van der Waals surface area (Å²) >= 11 is 1.42. The van der Waals surface area contributed by atoms with Crippen LogP contribution < -0.4 is 15.6 Å². The lowest BCUT2D eigenvalue weighted by Gasteiger charge is -2.05. The third-order valence-electron chi connectivity index (χ3n) is 4.93. The average Bonchev–Trinajstić information content (AvgIpc) is 3.40. The van der Waals surface area contributed by atoms with Crippen molar-refractivity contribution in [2.24, 2.45) is 0 Å². The molecule has 0 bridgehead atoms. The maximum Gasteiger partial charge on any atom is 0.276 e. The van der Waals surface area contributed by atoms with Crippen LogP contribution >= 0.6 is 11.3 Å². The quantitative estimate of drug-likeness (QED) is 0.403. The molecule has 0 spiro atoms. The van der Waals surface area contributed by atoms with Gasteiger partial charge in [0.25, 0.3) is 17.4 Å². The van der Waals surface area contributed by atoms with Crippen LogP contribution in [0.1, 0.15) is 21.9 Å². The van der Waals surface area contributed by atoms with E-state index in [1.165, 1.54) is 11.3 Å². The zero-order chi connectivity index (χ0) is 22.8. The Bertz CT molecular complexity index is 1490. The van der Waals surface area contributed by atoms with Crippen molar-refractivity contribution < 1.29 is 9.53 Å². The predicted molar refractivity (Wildman–Crippen MR) is 125 cm³/mol. The summed E-state index contributed by atoms with van der Waals surface area (Å²) in [6.07, 6.45) is 0.360. The first-order valence-corrected chi connectivity index (χ1v) is 10.9. The Kier molecular flexibility index (Phi) is 5.41. The molecule has 3 heterocycles. The molecule has 10 heteroatoms. The van der Waals surface area contributed by atoms with E-state index in [0.717, 1.165) is 28.6 Å². The molecule has 0 saturated carbocycles. The average molecular weight is 459 g/mol. The summed E-state index contributed by atoms with van der Waals surface area (Å²) in [5, 5.41) is 9.00. The molecule has 9 nitrogen and oxygen atoms in total. The van der Waals surface area contributed by atoms with Crippen molar-refractivity contribution >= 4 is 28.2 Å². The van der Waals surface area contributed by atoms with Crippen LogP contribution in [0.4, 0.5) is 5.95 Å². The number of nitrogens with one attached hydrogen (secondary N) is 2. The Hall–Kier alpha value is -4.31. The SMILES string of the molecule is COc1ccc(Cc2nc(C(=O)Nc3nc4scc(-c5ccccc5)n4n3)cc(=O)[nH]2)cc1. The molecule has 1 amide bonds. The minimum Gasteiger partial charge on any atom is -0.497 e. The van der Waals surface area contributed by atoms with Gasteiger partial charge in [-0.1, -0.05) is 42.5 Å². The summed E-state index contributed by atoms with van der Waals surface area (Å²) in [6.45, 7) is 0. The number of carbonyl (C=O) groups is 1. The van der Waals surface area contributed by atoms with Gasteiger partial charge >= 0.3 is 0 Å². The fraction of sp³-hybridized carbons (Fsp3) is 0.0870. The number of anilines is 1. The van der Waals surface area contributed by atoms with E-state index < -0.39 is 11.5 Å². The smallest absolute Gasteiger partial charge is 0.276 e. The van der Waals surface area contributed by atoms with Crippen molar-refractivity contribution in [1.82, 2.24) is 24.6 Å². The normalized spacial score (nSPS) is 10.9. The third kappa shape index (κ3) is 4.37. The fourth-order valence-corrected chi connectivity index (χ4v) is 4.18. The Morgan fingerprint density at radius 1 is 1.12 bits per heavy atom. The minimum atomic E-state index is -0.559. The van der Waals surface area contributed by atoms with E-state index in [2.05, 4.69) is 25.4 Å². The Balaban J connectivity index is 1.37. The summed E-state index contributed by atoms with van der Waals surface area (Å²) in [5.41, 5.74) is 2.36. The molecule has 0 aliphatic heterocycles. The molecule has 2 N–H and O–H groups in total. The van der Waals surface area contributed by atoms with Crippen molar-refractivity contribution in [2.75, 3.05) is 12.4 Å². The number of aromatic amines is 1. The molecule has 5 aromatic rings. The number of nitrogens with zero attached hydrogens (tertiary/aromatic N) is 4. The first-order valence-electron chi connectivity index (χ1n) is 10.0. The molecule has 2 aromatic carbocycles. The predicted octanol–water partition coefficient (Wildman–Crippen LogP) is 3.39.